The van der Waals surface area contributed by atoms with E-state index in [1.807, 2.05) is 19.1 Å². The molecule has 1 amide bonds. The van der Waals surface area contributed by atoms with Gasteiger partial charge in [0, 0.05) is 18.1 Å². The highest BCUT2D eigenvalue weighted by Gasteiger charge is 2.11. The molecule has 3 rings (SSSR count). The fourth-order valence-electron chi connectivity index (χ4n) is 2.10. The number of aromatic nitrogens is 3. The lowest BCUT2D eigenvalue weighted by Gasteiger charge is -1.99. The van der Waals surface area contributed by atoms with E-state index in [0.29, 0.717) is 17.1 Å². The second-order valence-corrected chi connectivity index (χ2v) is 4.53. The SMILES string of the molecule is CCn1cc(NC(=O)c2cc3cccc(N)c3[nH]2)cn1. The fraction of sp³-hybridized carbons (Fsp3) is 0.143. The number of anilines is 2. The summed E-state index contributed by atoms with van der Waals surface area (Å²) in [6.45, 7) is 2.75. The van der Waals surface area contributed by atoms with Crippen molar-refractivity contribution in [1.82, 2.24) is 14.8 Å². The maximum Gasteiger partial charge on any atom is 0.272 e. The fourth-order valence-corrected chi connectivity index (χ4v) is 2.10. The van der Waals surface area contributed by atoms with Gasteiger partial charge in [-0.15, -0.1) is 0 Å². The predicted octanol–water partition coefficient (Wildman–Crippen LogP) is 2.22. The molecule has 102 valence electrons. The molecule has 0 saturated heterocycles. The molecule has 3 aromatic rings. The van der Waals surface area contributed by atoms with Crippen LogP contribution in [0, 0.1) is 0 Å². The van der Waals surface area contributed by atoms with Gasteiger partial charge in [-0.2, -0.15) is 5.10 Å². The van der Waals surface area contributed by atoms with Gasteiger partial charge < -0.3 is 16.0 Å². The maximum absolute atomic E-state index is 12.2. The summed E-state index contributed by atoms with van der Waals surface area (Å²) >= 11 is 0. The van der Waals surface area contributed by atoms with Gasteiger partial charge in [-0.05, 0) is 19.1 Å². The average Bonchev–Trinajstić information content (AvgIpc) is 3.05. The van der Waals surface area contributed by atoms with Gasteiger partial charge in [0.15, 0.2) is 0 Å². The van der Waals surface area contributed by atoms with Crippen molar-refractivity contribution in [3.8, 4) is 0 Å². The van der Waals surface area contributed by atoms with Crippen LogP contribution in [0.2, 0.25) is 0 Å². The Morgan fingerprint density at radius 1 is 1.50 bits per heavy atom. The zero-order valence-corrected chi connectivity index (χ0v) is 11.1. The number of hydrogen-bond acceptors (Lipinski definition) is 3. The Balaban J connectivity index is 1.86. The van der Waals surface area contributed by atoms with E-state index in [4.69, 9.17) is 5.73 Å². The first-order valence-corrected chi connectivity index (χ1v) is 6.38. The molecular weight excluding hydrogens is 254 g/mol. The average molecular weight is 269 g/mol. The largest absolute Gasteiger partial charge is 0.397 e. The van der Waals surface area contributed by atoms with Crippen LogP contribution in [0.4, 0.5) is 11.4 Å². The van der Waals surface area contributed by atoms with Gasteiger partial charge in [-0.3, -0.25) is 9.48 Å². The number of carbonyl (C=O) groups is 1. The standard InChI is InChI=1S/C14H15N5O/c1-2-19-8-10(7-16-19)17-14(20)12-6-9-4-3-5-11(15)13(9)18-12/h3-8,18H,2,15H2,1H3,(H,17,20). The molecule has 0 aliphatic heterocycles. The Kier molecular flexibility index (Phi) is 2.90. The van der Waals surface area contributed by atoms with Crippen LogP contribution in [0.15, 0.2) is 36.7 Å². The zero-order chi connectivity index (χ0) is 14.1. The van der Waals surface area contributed by atoms with Crippen LogP contribution in [-0.2, 0) is 6.54 Å². The molecule has 0 fully saturated rings. The van der Waals surface area contributed by atoms with Gasteiger partial charge in [0.05, 0.1) is 23.1 Å². The predicted molar refractivity (Wildman–Crippen MR) is 78.6 cm³/mol. The van der Waals surface area contributed by atoms with E-state index in [-0.39, 0.29) is 5.91 Å². The number of nitrogen functional groups attached to an aromatic ring is 1. The first kappa shape index (κ1) is 12.3. The van der Waals surface area contributed by atoms with Gasteiger partial charge in [0.25, 0.3) is 5.91 Å². The Morgan fingerprint density at radius 2 is 2.35 bits per heavy atom. The van der Waals surface area contributed by atoms with Gasteiger partial charge in [-0.1, -0.05) is 12.1 Å². The number of amides is 1. The zero-order valence-electron chi connectivity index (χ0n) is 11.1. The van der Waals surface area contributed by atoms with Crippen LogP contribution in [0.1, 0.15) is 17.4 Å². The van der Waals surface area contributed by atoms with Crippen LogP contribution in [0.5, 0.6) is 0 Å². The summed E-state index contributed by atoms with van der Waals surface area (Å²) in [5, 5.41) is 7.83. The van der Waals surface area contributed by atoms with E-state index >= 15 is 0 Å². The lowest BCUT2D eigenvalue weighted by Crippen LogP contribution is -2.11. The number of para-hydroxylation sites is 1. The molecule has 20 heavy (non-hydrogen) atoms. The third kappa shape index (κ3) is 2.11. The lowest BCUT2D eigenvalue weighted by molar-refractivity contribution is 0.102. The molecular formula is C14H15N5O. The van der Waals surface area contributed by atoms with Gasteiger partial charge in [-0.25, -0.2) is 0 Å². The maximum atomic E-state index is 12.2. The number of hydrogen-bond donors (Lipinski definition) is 3. The second-order valence-electron chi connectivity index (χ2n) is 4.53. The summed E-state index contributed by atoms with van der Waals surface area (Å²) in [6.07, 6.45) is 3.41. The second kappa shape index (κ2) is 4.73. The van der Waals surface area contributed by atoms with E-state index in [9.17, 15) is 4.79 Å². The minimum Gasteiger partial charge on any atom is -0.397 e. The van der Waals surface area contributed by atoms with Crippen molar-refractivity contribution in [2.45, 2.75) is 13.5 Å². The molecule has 2 aromatic heterocycles. The molecule has 0 aliphatic rings. The van der Waals surface area contributed by atoms with Gasteiger partial charge in [0.2, 0.25) is 0 Å². The van der Waals surface area contributed by atoms with Crippen molar-refractivity contribution < 1.29 is 4.79 Å². The van der Waals surface area contributed by atoms with Crippen LogP contribution in [0.3, 0.4) is 0 Å². The number of carbonyl (C=O) groups excluding carboxylic acids is 1. The number of nitrogens with two attached hydrogens (primary N) is 1. The quantitative estimate of drug-likeness (QED) is 0.637. The summed E-state index contributed by atoms with van der Waals surface area (Å²) in [5.74, 6) is -0.212. The van der Waals surface area contributed by atoms with Crippen molar-refractivity contribution in [2.75, 3.05) is 11.1 Å². The Hall–Kier alpha value is -2.76. The molecule has 6 heteroatoms. The number of nitrogens with one attached hydrogen (secondary N) is 2. The minimum absolute atomic E-state index is 0.212. The molecule has 0 saturated carbocycles. The minimum atomic E-state index is -0.212. The van der Waals surface area contributed by atoms with Crippen LogP contribution < -0.4 is 11.1 Å². The van der Waals surface area contributed by atoms with Crippen molar-refractivity contribution in [1.29, 1.82) is 0 Å². The summed E-state index contributed by atoms with van der Waals surface area (Å²) in [5.41, 5.74) is 8.42. The number of aryl methyl sites for hydroxylation is 1. The Labute approximate surface area is 115 Å². The van der Waals surface area contributed by atoms with Crippen molar-refractivity contribution in [3.63, 3.8) is 0 Å². The van der Waals surface area contributed by atoms with Crippen molar-refractivity contribution in [3.05, 3.63) is 42.4 Å². The molecule has 2 heterocycles. The van der Waals surface area contributed by atoms with Crippen LogP contribution in [0.25, 0.3) is 10.9 Å². The van der Waals surface area contributed by atoms with Crippen molar-refractivity contribution >= 4 is 28.2 Å². The highest BCUT2D eigenvalue weighted by atomic mass is 16.1. The van der Waals surface area contributed by atoms with Crippen LogP contribution >= 0.6 is 0 Å². The van der Waals surface area contributed by atoms with E-state index < -0.39 is 0 Å². The summed E-state index contributed by atoms with van der Waals surface area (Å²) in [7, 11) is 0. The Morgan fingerprint density at radius 3 is 3.05 bits per heavy atom. The molecule has 0 unspecified atom stereocenters. The summed E-state index contributed by atoms with van der Waals surface area (Å²) < 4.78 is 1.75. The topological polar surface area (TPSA) is 88.7 Å². The number of rotatable bonds is 3. The molecule has 0 atom stereocenters. The number of benzene rings is 1. The monoisotopic (exact) mass is 269 g/mol. The number of fused-ring (bicyclic) bond motifs is 1. The van der Waals surface area contributed by atoms with Crippen LogP contribution in [-0.4, -0.2) is 20.7 Å². The molecule has 4 N–H and O–H groups in total. The summed E-state index contributed by atoms with van der Waals surface area (Å²) in [4.78, 5) is 15.2. The Bertz CT molecular complexity index is 771. The van der Waals surface area contributed by atoms with Gasteiger partial charge >= 0.3 is 0 Å². The van der Waals surface area contributed by atoms with E-state index in [2.05, 4.69) is 15.4 Å². The molecule has 0 aliphatic carbocycles. The molecule has 0 radical (unpaired) electrons. The third-order valence-electron chi connectivity index (χ3n) is 3.15. The van der Waals surface area contributed by atoms with Crippen molar-refractivity contribution in [2.24, 2.45) is 0 Å². The number of nitrogens with zero attached hydrogens (tertiary/aromatic N) is 2. The first-order valence-electron chi connectivity index (χ1n) is 6.38. The van der Waals surface area contributed by atoms with E-state index in [0.717, 1.165) is 17.4 Å². The third-order valence-corrected chi connectivity index (χ3v) is 3.15. The number of aromatic amines is 1. The summed E-state index contributed by atoms with van der Waals surface area (Å²) in [6, 6.07) is 7.35. The highest BCUT2D eigenvalue weighted by molar-refractivity contribution is 6.07. The smallest absolute Gasteiger partial charge is 0.272 e. The molecule has 1 aromatic carbocycles. The van der Waals surface area contributed by atoms with Gasteiger partial charge in [0.1, 0.15) is 5.69 Å². The molecule has 6 nitrogen and oxygen atoms in total. The normalized spacial score (nSPS) is 10.8. The van der Waals surface area contributed by atoms with E-state index in [1.54, 1.807) is 29.2 Å². The molecule has 0 spiro atoms. The first-order chi connectivity index (χ1) is 9.67. The van der Waals surface area contributed by atoms with E-state index in [1.165, 1.54) is 0 Å². The molecule has 0 bridgehead atoms. The lowest BCUT2D eigenvalue weighted by atomic mass is 10.2. The number of H-pyrrole nitrogens is 1. The highest BCUT2D eigenvalue weighted by Crippen LogP contribution is 2.21.